The Balaban J connectivity index is 2.36. The lowest BCUT2D eigenvalue weighted by Gasteiger charge is -1.98. The molecule has 1 aromatic carbocycles. The summed E-state index contributed by atoms with van der Waals surface area (Å²) >= 11 is 5.94. The van der Waals surface area contributed by atoms with E-state index in [4.69, 9.17) is 11.6 Å². The van der Waals surface area contributed by atoms with E-state index >= 15 is 0 Å². The number of hydrogen-bond donors (Lipinski definition) is 0. The minimum atomic E-state index is 0.0682. The maximum absolute atomic E-state index is 11.1. The molecule has 0 heterocycles. The van der Waals surface area contributed by atoms with Gasteiger partial charge in [-0.2, -0.15) is 0 Å². The van der Waals surface area contributed by atoms with Gasteiger partial charge >= 0.3 is 0 Å². The molecule has 2 heteroatoms. The van der Waals surface area contributed by atoms with Gasteiger partial charge in [-0.3, -0.25) is 4.79 Å². The van der Waals surface area contributed by atoms with Crippen LogP contribution in [0.5, 0.6) is 0 Å². The first-order chi connectivity index (χ1) is 5.72. The van der Waals surface area contributed by atoms with Crippen molar-refractivity contribution in [2.24, 2.45) is 5.92 Å². The van der Waals surface area contributed by atoms with E-state index in [1.165, 1.54) is 0 Å². The summed E-state index contributed by atoms with van der Waals surface area (Å²) in [5.41, 5.74) is 0.983. The van der Waals surface area contributed by atoms with Gasteiger partial charge < -0.3 is 0 Å². The molecule has 0 amide bonds. The quantitative estimate of drug-likeness (QED) is 0.650. The Morgan fingerprint density at radius 2 is 1.92 bits per heavy atom. The van der Waals surface area contributed by atoms with Crippen molar-refractivity contribution in [1.29, 1.82) is 0 Å². The second-order valence-electron chi connectivity index (χ2n) is 3.19. The van der Waals surface area contributed by atoms with Crippen molar-refractivity contribution >= 4 is 17.4 Å². The number of halogens is 1. The van der Waals surface area contributed by atoms with Gasteiger partial charge in [0.1, 0.15) is 5.78 Å². The van der Waals surface area contributed by atoms with Crippen LogP contribution in [0.4, 0.5) is 0 Å². The van der Waals surface area contributed by atoms with E-state index in [1.54, 1.807) is 0 Å². The second-order valence-corrected chi connectivity index (χ2v) is 3.60. The van der Waals surface area contributed by atoms with Crippen LogP contribution in [0, 0.1) is 5.92 Å². The van der Waals surface area contributed by atoms with E-state index in [-0.39, 0.29) is 11.8 Å². The molecule has 0 aliphatic heterocycles. The number of carbonyl (C=O) groups excluding carboxylic acids is 1. The van der Waals surface area contributed by atoms with Crippen molar-refractivity contribution < 1.29 is 4.79 Å². The van der Waals surface area contributed by atoms with E-state index in [0.29, 0.717) is 10.8 Å². The highest BCUT2D eigenvalue weighted by Crippen LogP contribution is 2.44. The first-order valence-electron chi connectivity index (χ1n) is 4.00. The van der Waals surface area contributed by atoms with Gasteiger partial charge in [0.25, 0.3) is 0 Å². The SMILES string of the molecule is CC1C(=O)C1c1ccccc1Cl. The van der Waals surface area contributed by atoms with Crippen molar-refractivity contribution in [3.63, 3.8) is 0 Å². The molecular formula is C10H9ClO. The van der Waals surface area contributed by atoms with Crippen LogP contribution in [0.15, 0.2) is 24.3 Å². The summed E-state index contributed by atoms with van der Waals surface area (Å²) in [5.74, 6) is 0.548. The molecule has 62 valence electrons. The molecular weight excluding hydrogens is 172 g/mol. The number of hydrogen-bond acceptors (Lipinski definition) is 1. The standard InChI is InChI=1S/C10H9ClO/c1-6-9(10(6)12)7-4-2-3-5-8(7)11/h2-6,9H,1H3. The van der Waals surface area contributed by atoms with E-state index < -0.39 is 0 Å². The van der Waals surface area contributed by atoms with Crippen LogP contribution in [0.2, 0.25) is 5.02 Å². The molecule has 0 bridgehead atoms. The molecule has 2 unspecified atom stereocenters. The molecule has 1 saturated carbocycles. The Labute approximate surface area is 76.4 Å². The van der Waals surface area contributed by atoms with Crippen LogP contribution < -0.4 is 0 Å². The molecule has 0 radical (unpaired) electrons. The summed E-state index contributed by atoms with van der Waals surface area (Å²) in [7, 11) is 0. The normalized spacial score (nSPS) is 27.3. The lowest BCUT2D eigenvalue weighted by Crippen LogP contribution is -1.82. The Morgan fingerprint density at radius 3 is 2.42 bits per heavy atom. The molecule has 0 spiro atoms. The van der Waals surface area contributed by atoms with Gasteiger partial charge in [0.15, 0.2) is 0 Å². The van der Waals surface area contributed by atoms with Gasteiger partial charge in [0.05, 0.1) is 5.92 Å². The minimum absolute atomic E-state index is 0.0682. The van der Waals surface area contributed by atoms with Gasteiger partial charge in [-0.25, -0.2) is 0 Å². The Morgan fingerprint density at radius 1 is 1.33 bits per heavy atom. The molecule has 1 aliphatic carbocycles. The third-order valence-electron chi connectivity index (χ3n) is 2.39. The number of benzene rings is 1. The van der Waals surface area contributed by atoms with Gasteiger partial charge in [0.2, 0.25) is 0 Å². The van der Waals surface area contributed by atoms with Crippen molar-refractivity contribution in [1.82, 2.24) is 0 Å². The zero-order valence-electron chi connectivity index (χ0n) is 6.75. The van der Waals surface area contributed by atoms with E-state index in [9.17, 15) is 4.79 Å². The first-order valence-corrected chi connectivity index (χ1v) is 4.38. The minimum Gasteiger partial charge on any atom is -0.299 e. The fraction of sp³-hybridized carbons (Fsp3) is 0.300. The Kier molecular flexibility index (Phi) is 1.69. The Hall–Kier alpha value is -0.820. The lowest BCUT2D eigenvalue weighted by molar-refractivity contribution is -0.111. The second kappa shape index (κ2) is 2.60. The predicted octanol–water partition coefficient (Wildman–Crippen LogP) is 2.64. The smallest absolute Gasteiger partial charge is 0.144 e. The molecule has 2 atom stereocenters. The predicted molar refractivity (Wildman–Crippen MR) is 48.4 cm³/mol. The van der Waals surface area contributed by atoms with E-state index in [1.807, 2.05) is 31.2 Å². The Bertz CT molecular complexity index is 332. The molecule has 12 heavy (non-hydrogen) atoms. The highest BCUT2D eigenvalue weighted by atomic mass is 35.5. The van der Waals surface area contributed by atoms with Gasteiger partial charge in [-0.15, -0.1) is 0 Å². The summed E-state index contributed by atoms with van der Waals surface area (Å²) in [6.45, 7) is 1.94. The summed E-state index contributed by atoms with van der Waals surface area (Å²) in [5, 5.41) is 0.709. The van der Waals surface area contributed by atoms with Crippen LogP contribution in [-0.2, 0) is 4.79 Å². The van der Waals surface area contributed by atoms with Crippen molar-refractivity contribution in [3.05, 3.63) is 34.9 Å². The average molecular weight is 181 g/mol. The summed E-state index contributed by atoms with van der Waals surface area (Å²) in [4.78, 5) is 11.1. The summed E-state index contributed by atoms with van der Waals surface area (Å²) < 4.78 is 0. The van der Waals surface area contributed by atoms with Crippen LogP contribution in [-0.4, -0.2) is 5.78 Å². The zero-order valence-corrected chi connectivity index (χ0v) is 7.51. The summed E-state index contributed by atoms with van der Waals surface area (Å²) in [6, 6.07) is 7.55. The molecule has 1 fully saturated rings. The maximum Gasteiger partial charge on any atom is 0.144 e. The first kappa shape index (κ1) is 7.81. The molecule has 0 aromatic heterocycles. The van der Waals surface area contributed by atoms with Gasteiger partial charge in [-0.1, -0.05) is 36.7 Å². The topological polar surface area (TPSA) is 17.1 Å². The van der Waals surface area contributed by atoms with Crippen LogP contribution >= 0.6 is 11.6 Å². The van der Waals surface area contributed by atoms with Crippen molar-refractivity contribution in [3.8, 4) is 0 Å². The van der Waals surface area contributed by atoms with Crippen molar-refractivity contribution in [2.45, 2.75) is 12.8 Å². The van der Waals surface area contributed by atoms with E-state index in [0.717, 1.165) is 5.56 Å². The molecule has 1 aliphatic rings. The largest absolute Gasteiger partial charge is 0.299 e. The number of rotatable bonds is 1. The van der Waals surface area contributed by atoms with E-state index in [2.05, 4.69) is 0 Å². The molecule has 0 saturated heterocycles. The monoisotopic (exact) mass is 180 g/mol. The molecule has 2 rings (SSSR count). The lowest BCUT2D eigenvalue weighted by atomic mass is 10.1. The fourth-order valence-electron chi connectivity index (χ4n) is 1.51. The highest BCUT2D eigenvalue weighted by Gasteiger charge is 2.46. The molecule has 1 nitrogen and oxygen atoms in total. The summed E-state index contributed by atoms with van der Waals surface area (Å²) in [6.07, 6.45) is 0. The molecule has 0 N–H and O–H groups in total. The van der Waals surface area contributed by atoms with Crippen LogP contribution in [0.3, 0.4) is 0 Å². The third kappa shape index (κ3) is 1.05. The van der Waals surface area contributed by atoms with Gasteiger partial charge in [-0.05, 0) is 11.6 Å². The van der Waals surface area contributed by atoms with Gasteiger partial charge in [0, 0.05) is 10.9 Å². The van der Waals surface area contributed by atoms with Crippen LogP contribution in [0.1, 0.15) is 18.4 Å². The average Bonchev–Trinajstić information content (AvgIpc) is 2.62. The number of Topliss-reactive ketones (excluding diaryl/α,β-unsaturated/α-hetero) is 1. The van der Waals surface area contributed by atoms with Crippen LogP contribution in [0.25, 0.3) is 0 Å². The zero-order chi connectivity index (χ0) is 8.72. The number of carbonyl (C=O) groups is 1. The highest BCUT2D eigenvalue weighted by molar-refractivity contribution is 6.32. The third-order valence-corrected chi connectivity index (χ3v) is 2.73. The fourth-order valence-corrected chi connectivity index (χ4v) is 1.77. The molecule has 1 aromatic rings. The maximum atomic E-state index is 11.1. The van der Waals surface area contributed by atoms with Crippen molar-refractivity contribution in [2.75, 3.05) is 0 Å². The number of ketones is 1.